The average Bonchev–Trinajstić information content (AvgIpc) is 3.01. The summed E-state index contributed by atoms with van der Waals surface area (Å²) in [6.07, 6.45) is 0.830. The van der Waals surface area contributed by atoms with E-state index in [1.165, 1.54) is 33.7 Å². The fourth-order valence-electron chi connectivity index (χ4n) is 3.74. The molecule has 1 saturated heterocycles. The molecular weight excluding hydrogens is 402 g/mol. The highest BCUT2D eigenvalue weighted by Gasteiger charge is 2.38. The maximum atomic E-state index is 15.1. The first kappa shape index (κ1) is 20.1. The van der Waals surface area contributed by atoms with Crippen LogP contribution in [0.2, 0.25) is 0 Å². The van der Waals surface area contributed by atoms with Gasteiger partial charge in [0.25, 0.3) is 11.8 Å². The summed E-state index contributed by atoms with van der Waals surface area (Å²) in [4.78, 5) is 26.0. The van der Waals surface area contributed by atoms with E-state index < -0.39 is 35.4 Å². The number of alkyl halides is 2. The Labute approximate surface area is 168 Å². The number of primary amides is 1. The summed E-state index contributed by atoms with van der Waals surface area (Å²) in [5.74, 6) is -5.08. The highest BCUT2D eigenvalue weighted by atomic mass is 19.3. The van der Waals surface area contributed by atoms with Crippen LogP contribution in [0.3, 0.4) is 0 Å². The summed E-state index contributed by atoms with van der Waals surface area (Å²) in [5.41, 5.74) is 4.71. The molecule has 0 spiro atoms. The van der Waals surface area contributed by atoms with Gasteiger partial charge < -0.3 is 10.3 Å². The molecule has 1 fully saturated rings. The number of amides is 1. The lowest BCUT2D eigenvalue weighted by atomic mass is 10.1. The van der Waals surface area contributed by atoms with Gasteiger partial charge in [0.15, 0.2) is 0 Å². The third-order valence-electron chi connectivity index (χ3n) is 5.14. The minimum Gasteiger partial charge on any atom is -0.365 e. The number of nitrogens with zero attached hydrogens (tertiary/aromatic N) is 2. The van der Waals surface area contributed by atoms with Crippen molar-refractivity contribution in [2.45, 2.75) is 18.9 Å². The third kappa shape index (κ3) is 3.68. The van der Waals surface area contributed by atoms with Crippen LogP contribution in [-0.4, -0.2) is 34.4 Å². The number of hydrogen-bond acceptors (Lipinski definition) is 3. The Hall–Kier alpha value is -3.20. The number of aromatic nitrogens is 1. The number of pyridine rings is 1. The standard InChI is InChI=1S/C21H17F4N3O2/c22-13-1-3-14(4-2-13)28-10-16(20(26)30)19(29)15-7-12(8-17(23)18(15)28)9-27-6-5-21(24,25)11-27/h1-4,7-8,10H,5-6,9,11H2,(H2,26,30). The topological polar surface area (TPSA) is 68.3 Å². The first-order valence-electron chi connectivity index (χ1n) is 9.18. The minimum atomic E-state index is -2.80. The van der Waals surface area contributed by atoms with Gasteiger partial charge >= 0.3 is 0 Å². The smallest absolute Gasteiger partial charge is 0.261 e. The lowest BCUT2D eigenvalue weighted by molar-refractivity contribution is 0.0115. The van der Waals surface area contributed by atoms with Gasteiger partial charge in [0, 0.05) is 31.4 Å². The van der Waals surface area contributed by atoms with E-state index in [1.54, 1.807) is 0 Å². The largest absolute Gasteiger partial charge is 0.365 e. The quantitative estimate of drug-likeness (QED) is 0.661. The van der Waals surface area contributed by atoms with Crippen LogP contribution in [0, 0.1) is 11.6 Å². The molecule has 1 amide bonds. The van der Waals surface area contributed by atoms with Gasteiger partial charge in [0.1, 0.15) is 17.2 Å². The summed E-state index contributed by atoms with van der Waals surface area (Å²) in [7, 11) is 0. The summed E-state index contributed by atoms with van der Waals surface area (Å²) < 4.78 is 56.6. The Morgan fingerprint density at radius 2 is 1.83 bits per heavy atom. The van der Waals surface area contributed by atoms with Crippen LogP contribution in [-0.2, 0) is 6.54 Å². The van der Waals surface area contributed by atoms with Crippen LogP contribution in [0.25, 0.3) is 16.6 Å². The molecule has 0 bridgehead atoms. The molecule has 3 aromatic rings. The van der Waals surface area contributed by atoms with E-state index in [2.05, 4.69) is 0 Å². The molecule has 9 heteroatoms. The summed E-state index contributed by atoms with van der Waals surface area (Å²) in [5, 5.41) is -0.114. The maximum absolute atomic E-state index is 15.1. The van der Waals surface area contributed by atoms with Crippen LogP contribution < -0.4 is 11.2 Å². The van der Waals surface area contributed by atoms with Gasteiger partial charge in [0.05, 0.1) is 17.4 Å². The zero-order valence-electron chi connectivity index (χ0n) is 15.7. The van der Waals surface area contributed by atoms with Crippen molar-refractivity contribution in [3.05, 3.63) is 75.6 Å². The molecule has 1 aliphatic rings. The number of halogens is 4. The van der Waals surface area contributed by atoms with Crippen molar-refractivity contribution in [2.75, 3.05) is 13.1 Å². The molecular formula is C21H17F4N3O2. The predicted molar refractivity (Wildman–Crippen MR) is 103 cm³/mol. The Bertz CT molecular complexity index is 1210. The molecule has 5 nitrogen and oxygen atoms in total. The monoisotopic (exact) mass is 419 g/mol. The Kier molecular flexibility index (Phi) is 4.85. The number of rotatable bonds is 4. The van der Waals surface area contributed by atoms with Crippen molar-refractivity contribution in [1.29, 1.82) is 0 Å². The Morgan fingerprint density at radius 3 is 2.43 bits per heavy atom. The normalized spacial score (nSPS) is 16.3. The molecule has 1 aliphatic heterocycles. The second-order valence-electron chi connectivity index (χ2n) is 7.37. The van der Waals surface area contributed by atoms with Crippen molar-refractivity contribution in [3.8, 4) is 5.69 Å². The number of carbonyl (C=O) groups is 1. The summed E-state index contributed by atoms with van der Waals surface area (Å²) >= 11 is 0. The molecule has 0 saturated carbocycles. The number of carbonyl (C=O) groups excluding carboxylic acids is 1. The molecule has 4 rings (SSSR count). The van der Waals surface area contributed by atoms with Gasteiger partial charge in [-0.2, -0.15) is 0 Å². The van der Waals surface area contributed by atoms with Gasteiger partial charge in [-0.1, -0.05) is 0 Å². The van der Waals surface area contributed by atoms with Crippen molar-refractivity contribution >= 4 is 16.8 Å². The molecule has 2 N–H and O–H groups in total. The van der Waals surface area contributed by atoms with Crippen molar-refractivity contribution in [3.63, 3.8) is 0 Å². The molecule has 30 heavy (non-hydrogen) atoms. The van der Waals surface area contributed by atoms with Crippen LogP contribution >= 0.6 is 0 Å². The van der Waals surface area contributed by atoms with Gasteiger partial charge in [-0.15, -0.1) is 0 Å². The van der Waals surface area contributed by atoms with E-state index in [0.29, 0.717) is 11.3 Å². The van der Waals surface area contributed by atoms with Gasteiger partial charge in [0.2, 0.25) is 5.43 Å². The predicted octanol–water partition coefficient (Wildman–Crippen LogP) is 3.21. The van der Waals surface area contributed by atoms with E-state index in [1.807, 2.05) is 0 Å². The number of benzene rings is 2. The Morgan fingerprint density at radius 1 is 1.13 bits per heavy atom. The zero-order chi connectivity index (χ0) is 21.6. The van der Waals surface area contributed by atoms with E-state index in [9.17, 15) is 22.8 Å². The molecule has 0 aliphatic carbocycles. The zero-order valence-corrected chi connectivity index (χ0v) is 15.7. The van der Waals surface area contributed by atoms with Crippen molar-refractivity contribution in [2.24, 2.45) is 5.73 Å². The van der Waals surface area contributed by atoms with E-state index >= 15 is 4.39 Å². The highest BCUT2D eigenvalue weighted by Crippen LogP contribution is 2.29. The van der Waals surface area contributed by atoms with Gasteiger partial charge in [-0.25, -0.2) is 17.6 Å². The SMILES string of the molecule is NC(=O)c1cn(-c2ccc(F)cc2)c2c(F)cc(CN3CCC(F)(F)C3)cc2c1=O. The third-order valence-corrected chi connectivity index (χ3v) is 5.14. The molecule has 2 heterocycles. The summed E-state index contributed by atoms with van der Waals surface area (Å²) in [6.45, 7) is -0.277. The van der Waals surface area contributed by atoms with Crippen LogP contribution in [0.15, 0.2) is 47.4 Å². The number of likely N-dealkylation sites (tertiary alicyclic amines) is 1. The van der Waals surface area contributed by atoms with Crippen molar-refractivity contribution < 1.29 is 22.4 Å². The van der Waals surface area contributed by atoms with E-state index in [-0.39, 0.29) is 36.0 Å². The number of nitrogens with two attached hydrogens (primary N) is 1. The van der Waals surface area contributed by atoms with E-state index in [4.69, 9.17) is 5.73 Å². The van der Waals surface area contributed by atoms with Gasteiger partial charge in [-0.05, 0) is 42.0 Å². The van der Waals surface area contributed by atoms with Crippen molar-refractivity contribution in [1.82, 2.24) is 9.47 Å². The maximum Gasteiger partial charge on any atom is 0.261 e. The number of fused-ring (bicyclic) bond motifs is 1. The second-order valence-corrected chi connectivity index (χ2v) is 7.37. The second kappa shape index (κ2) is 7.24. The molecule has 0 unspecified atom stereocenters. The Balaban J connectivity index is 1.89. The van der Waals surface area contributed by atoms with Crippen LogP contribution in [0.5, 0.6) is 0 Å². The first-order chi connectivity index (χ1) is 14.1. The highest BCUT2D eigenvalue weighted by molar-refractivity contribution is 5.96. The lowest BCUT2D eigenvalue weighted by Gasteiger charge is -2.18. The summed E-state index contributed by atoms with van der Waals surface area (Å²) in [6, 6.07) is 7.59. The molecule has 156 valence electrons. The number of hydrogen-bond donors (Lipinski definition) is 1. The molecule has 2 aromatic carbocycles. The average molecular weight is 419 g/mol. The fourth-order valence-corrected chi connectivity index (χ4v) is 3.74. The van der Waals surface area contributed by atoms with Crippen LogP contribution in [0.4, 0.5) is 17.6 Å². The fraction of sp³-hybridized carbons (Fsp3) is 0.238. The lowest BCUT2D eigenvalue weighted by Crippen LogP contribution is -2.26. The molecule has 0 atom stereocenters. The minimum absolute atomic E-state index is 0.0270. The van der Waals surface area contributed by atoms with Gasteiger partial charge in [-0.3, -0.25) is 14.5 Å². The molecule has 1 aromatic heterocycles. The van der Waals surface area contributed by atoms with E-state index in [0.717, 1.165) is 18.3 Å². The first-order valence-corrected chi connectivity index (χ1v) is 9.18. The van der Waals surface area contributed by atoms with Crippen LogP contribution in [0.1, 0.15) is 22.3 Å². The molecule has 0 radical (unpaired) electrons.